The summed E-state index contributed by atoms with van der Waals surface area (Å²) in [5, 5.41) is 3.44. The van der Waals surface area contributed by atoms with Crippen molar-refractivity contribution in [2.24, 2.45) is 5.41 Å². The van der Waals surface area contributed by atoms with Gasteiger partial charge < -0.3 is 19.5 Å². The summed E-state index contributed by atoms with van der Waals surface area (Å²) in [4.78, 5) is 0. The van der Waals surface area contributed by atoms with Gasteiger partial charge in [0.2, 0.25) is 6.79 Å². The van der Waals surface area contributed by atoms with E-state index in [1.807, 2.05) is 18.2 Å². The second kappa shape index (κ2) is 5.70. The van der Waals surface area contributed by atoms with Gasteiger partial charge in [0.05, 0.1) is 6.61 Å². The molecule has 4 heteroatoms. The first-order valence-electron chi connectivity index (χ1n) is 6.72. The average Bonchev–Trinajstić information content (AvgIpc) is 2.81. The van der Waals surface area contributed by atoms with Crippen molar-refractivity contribution in [3.05, 3.63) is 18.2 Å². The predicted octanol–water partition coefficient (Wildman–Crippen LogP) is 2.82. The van der Waals surface area contributed by atoms with Gasteiger partial charge in [-0.05, 0) is 12.1 Å². The van der Waals surface area contributed by atoms with Crippen LogP contribution in [-0.4, -0.2) is 26.0 Å². The summed E-state index contributed by atoms with van der Waals surface area (Å²) in [6, 6.07) is 6.18. The minimum atomic E-state index is 0.0840. The number of fused-ring (bicyclic) bond motifs is 1. The minimum absolute atomic E-state index is 0.0840. The zero-order valence-corrected chi connectivity index (χ0v) is 12.2. The Balaban J connectivity index is 1.87. The quantitative estimate of drug-likeness (QED) is 0.858. The highest BCUT2D eigenvalue weighted by Crippen LogP contribution is 2.35. The van der Waals surface area contributed by atoms with E-state index in [4.69, 9.17) is 14.2 Å². The maximum absolute atomic E-state index is 5.85. The number of ether oxygens (including phenoxy) is 3. The first kappa shape index (κ1) is 14.0. The summed E-state index contributed by atoms with van der Waals surface area (Å²) in [5.74, 6) is 2.37. The highest BCUT2D eigenvalue weighted by atomic mass is 16.7. The van der Waals surface area contributed by atoms with E-state index in [-0.39, 0.29) is 5.41 Å². The van der Waals surface area contributed by atoms with E-state index in [9.17, 15) is 0 Å². The first-order valence-corrected chi connectivity index (χ1v) is 6.72. The van der Waals surface area contributed by atoms with Crippen LogP contribution < -0.4 is 19.5 Å². The highest BCUT2D eigenvalue weighted by Gasteiger charge is 2.20. The zero-order chi connectivity index (χ0) is 13.9. The summed E-state index contributed by atoms with van der Waals surface area (Å²) in [6.07, 6.45) is 0. The maximum atomic E-state index is 5.85. The molecule has 0 aromatic heterocycles. The molecule has 1 heterocycles. The van der Waals surface area contributed by atoms with Crippen LogP contribution >= 0.6 is 0 Å². The Bertz CT molecular complexity index is 429. The van der Waals surface area contributed by atoms with Crippen LogP contribution in [-0.2, 0) is 0 Å². The molecule has 0 unspecified atom stereocenters. The van der Waals surface area contributed by atoms with Crippen molar-refractivity contribution in [3.63, 3.8) is 0 Å². The molecule has 106 valence electrons. The van der Waals surface area contributed by atoms with Crippen LogP contribution in [0.2, 0.25) is 0 Å². The van der Waals surface area contributed by atoms with Crippen molar-refractivity contribution >= 4 is 0 Å². The maximum Gasteiger partial charge on any atom is 0.231 e. The van der Waals surface area contributed by atoms with Crippen LogP contribution in [0.4, 0.5) is 0 Å². The van der Waals surface area contributed by atoms with Crippen LogP contribution in [0.15, 0.2) is 18.2 Å². The largest absolute Gasteiger partial charge is 0.493 e. The number of rotatable bonds is 6. The van der Waals surface area contributed by atoms with Crippen molar-refractivity contribution in [2.75, 3.05) is 19.9 Å². The molecule has 0 amide bonds. The Morgan fingerprint density at radius 1 is 1.26 bits per heavy atom. The molecule has 19 heavy (non-hydrogen) atoms. The average molecular weight is 265 g/mol. The van der Waals surface area contributed by atoms with Crippen LogP contribution in [0.25, 0.3) is 0 Å². The van der Waals surface area contributed by atoms with Crippen LogP contribution in [0.1, 0.15) is 27.7 Å². The lowest BCUT2D eigenvalue weighted by Gasteiger charge is -2.26. The fraction of sp³-hybridized carbons (Fsp3) is 0.600. The molecule has 0 saturated heterocycles. The molecule has 4 nitrogen and oxygen atoms in total. The third kappa shape index (κ3) is 4.03. The van der Waals surface area contributed by atoms with E-state index in [0.29, 0.717) is 19.4 Å². The Labute approximate surface area is 115 Å². The molecule has 0 radical (unpaired) electrons. The third-order valence-electron chi connectivity index (χ3n) is 2.96. The number of hydrogen-bond acceptors (Lipinski definition) is 4. The molecule has 1 aliphatic rings. The van der Waals surface area contributed by atoms with Crippen LogP contribution in [0.3, 0.4) is 0 Å². The monoisotopic (exact) mass is 265 g/mol. The molecule has 0 bridgehead atoms. The number of hydrogen-bond donors (Lipinski definition) is 1. The molecule has 0 atom stereocenters. The summed E-state index contributed by atoms with van der Waals surface area (Å²) in [6.45, 7) is 10.6. The van der Waals surface area contributed by atoms with E-state index in [1.165, 1.54) is 0 Å². The first-order chi connectivity index (χ1) is 8.96. The fourth-order valence-electron chi connectivity index (χ4n) is 1.78. The Kier molecular flexibility index (Phi) is 4.20. The molecule has 0 spiro atoms. The Morgan fingerprint density at radius 3 is 2.74 bits per heavy atom. The second-order valence-electron chi connectivity index (χ2n) is 6.00. The number of benzene rings is 1. The van der Waals surface area contributed by atoms with Gasteiger partial charge in [-0.1, -0.05) is 27.7 Å². The van der Waals surface area contributed by atoms with E-state index >= 15 is 0 Å². The van der Waals surface area contributed by atoms with Gasteiger partial charge in [0.25, 0.3) is 0 Å². The third-order valence-corrected chi connectivity index (χ3v) is 2.96. The fourth-order valence-corrected chi connectivity index (χ4v) is 1.78. The lowest BCUT2D eigenvalue weighted by Crippen LogP contribution is -2.37. The van der Waals surface area contributed by atoms with Crippen LogP contribution in [0, 0.1) is 5.41 Å². The van der Waals surface area contributed by atoms with Gasteiger partial charge in [0.15, 0.2) is 11.5 Å². The summed E-state index contributed by atoms with van der Waals surface area (Å²) in [5.41, 5.74) is 0.0840. The van der Waals surface area contributed by atoms with Crippen LogP contribution in [0.5, 0.6) is 17.2 Å². The lowest BCUT2D eigenvalue weighted by molar-refractivity contribution is 0.169. The lowest BCUT2D eigenvalue weighted by atomic mass is 9.94. The molecule has 1 aliphatic heterocycles. The van der Waals surface area contributed by atoms with E-state index in [0.717, 1.165) is 23.8 Å². The van der Waals surface area contributed by atoms with Gasteiger partial charge in [-0.15, -0.1) is 0 Å². The summed E-state index contributed by atoms with van der Waals surface area (Å²) >= 11 is 0. The Hall–Kier alpha value is -1.42. The van der Waals surface area contributed by atoms with E-state index in [2.05, 4.69) is 33.0 Å². The molecule has 1 N–H and O–H groups in total. The van der Waals surface area contributed by atoms with Crippen molar-refractivity contribution in [1.82, 2.24) is 5.32 Å². The van der Waals surface area contributed by atoms with Gasteiger partial charge >= 0.3 is 0 Å². The Morgan fingerprint density at radius 2 is 2.00 bits per heavy atom. The molecule has 1 aromatic carbocycles. The zero-order valence-electron chi connectivity index (χ0n) is 12.2. The SMILES string of the molecule is CC(C)NCC(C)(C)COc1ccc2c(c1)OCO2. The van der Waals surface area contributed by atoms with Gasteiger partial charge in [-0.2, -0.15) is 0 Å². The summed E-state index contributed by atoms with van der Waals surface area (Å²) < 4.78 is 16.5. The topological polar surface area (TPSA) is 39.7 Å². The predicted molar refractivity (Wildman–Crippen MR) is 75.0 cm³/mol. The van der Waals surface area contributed by atoms with Crippen molar-refractivity contribution in [3.8, 4) is 17.2 Å². The highest BCUT2D eigenvalue weighted by molar-refractivity contribution is 5.46. The molecule has 2 rings (SSSR count). The van der Waals surface area contributed by atoms with Gasteiger partial charge in [0.1, 0.15) is 5.75 Å². The standard InChI is InChI=1S/C15H23NO3/c1-11(2)16-8-15(3,4)9-17-12-5-6-13-14(7-12)19-10-18-13/h5-7,11,16H,8-10H2,1-4H3. The number of nitrogens with one attached hydrogen (secondary N) is 1. The molecule has 0 aliphatic carbocycles. The van der Waals surface area contributed by atoms with E-state index < -0.39 is 0 Å². The molecule has 1 aromatic rings. The molecular formula is C15H23NO3. The van der Waals surface area contributed by atoms with Gasteiger partial charge in [-0.3, -0.25) is 0 Å². The summed E-state index contributed by atoms with van der Waals surface area (Å²) in [7, 11) is 0. The van der Waals surface area contributed by atoms with Crippen molar-refractivity contribution in [2.45, 2.75) is 33.7 Å². The van der Waals surface area contributed by atoms with Crippen molar-refractivity contribution < 1.29 is 14.2 Å². The molecule has 0 fully saturated rings. The van der Waals surface area contributed by atoms with E-state index in [1.54, 1.807) is 0 Å². The minimum Gasteiger partial charge on any atom is -0.493 e. The van der Waals surface area contributed by atoms with Gasteiger partial charge in [-0.25, -0.2) is 0 Å². The van der Waals surface area contributed by atoms with Crippen molar-refractivity contribution in [1.29, 1.82) is 0 Å². The normalized spacial score (nSPS) is 13.9. The second-order valence-corrected chi connectivity index (χ2v) is 6.00. The molecule has 0 saturated carbocycles. The smallest absolute Gasteiger partial charge is 0.231 e. The molecular weight excluding hydrogens is 242 g/mol. The van der Waals surface area contributed by atoms with Gasteiger partial charge in [0, 0.05) is 24.1 Å².